The summed E-state index contributed by atoms with van der Waals surface area (Å²) in [6, 6.07) is 9.67. The average molecular weight is 315 g/mol. The molecule has 0 aliphatic carbocycles. The van der Waals surface area contributed by atoms with Crippen LogP contribution in [-0.4, -0.2) is 60.1 Å². The fourth-order valence-corrected chi connectivity index (χ4v) is 2.83. The molecule has 23 heavy (non-hydrogen) atoms. The molecule has 122 valence electrons. The first-order valence-electron chi connectivity index (χ1n) is 7.79. The normalized spacial score (nSPS) is 18.0. The second kappa shape index (κ2) is 6.32. The number of H-pyrrole nitrogens is 1. The van der Waals surface area contributed by atoms with E-state index in [-0.39, 0.29) is 18.1 Å². The van der Waals surface area contributed by atoms with Crippen LogP contribution in [0, 0.1) is 0 Å². The van der Waals surface area contributed by atoms with E-state index in [1.165, 1.54) is 4.90 Å². The topological polar surface area (TPSA) is 65.6 Å². The van der Waals surface area contributed by atoms with Crippen molar-refractivity contribution in [2.24, 2.45) is 0 Å². The van der Waals surface area contributed by atoms with Crippen molar-refractivity contribution < 1.29 is 14.3 Å². The Kier molecular flexibility index (Phi) is 4.23. The van der Waals surface area contributed by atoms with Crippen molar-refractivity contribution >= 4 is 22.9 Å². The van der Waals surface area contributed by atoms with Crippen LogP contribution >= 0.6 is 0 Å². The number of carbonyl (C=O) groups excluding carboxylic acids is 2. The molecule has 6 heteroatoms. The number of carbonyl (C=O) groups is 2. The predicted molar refractivity (Wildman–Crippen MR) is 87.4 cm³/mol. The molecule has 1 atom stereocenters. The SMILES string of the molecule is CN(C)C(=O)OC1CCCN(C(=O)c2cc3ccccc3[nH]2)C1. The van der Waals surface area contributed by atoms with E-state index in [1.54, 1.807) is 19.0 Å². The minimum absolute atomic E-state index is 0.0493. The third kappa shape index (κ3) is 3.31. The summed E-state index contributed by atoms with van der Waals surface area (Å²) < 4.78 is 5.41. The van der Waals surface area contributed by atoms with E-state index >= 15 is 0 Å². The van der Waals surface area contributed by atoms with Crippen LogP contribution in [0.15, 0.2) is 30.3 Å². The number of benzene rings is 1. The van der Waals surface area contributed by atoms with Gasteiger partial charge in [-0.1, -0.05) is 18.2 Å². The monoisotopic (exact) mass is 315 g/mol. The molecule has 1 unspecified atom stereocenters. The Morgan fingerprint density at radius 1 is 1.30 bits per heavy atom. The highest BCUT2D eigenvalue weighted by Gasteiger charge is 2.28. The van der Waals surface area contributed by atoms with Crippen LogP contribution in [0.1, 0.15) is 23.3 Å². The largest absolute Gasteiger partial charge is 0.444 e. The van der Waals surface area contributed by atoms with E-state index < -0.39 is 0 Å². The van der Waals surface area contributed by atoms with Crippen molar-refractivity contribution in [1.82, 2.24) is 14.8 Å². The minimum atomic E-state index is -0.366. The summed E-state index contributed by atoms with van der Waals surface area (Å²) in [6.45, 7) is 1.12. The lowest BCUT2D eigenvalue weighted by molar-refractivity contribution is 0.0250. The molecule has 1 saturated heterocycles. The molecule has 0 saturated carbocycles. The number of aromatic amines is 1. The number of nitrogens with zero attached hydrogens (tertiary/aromatic N) is 2. The Bertz CT molecular complexity index is 690. The lowest BCUT2D eigenvalue weighted by Crippen LogP contribution is -2.45. The third-order valence-electron chi connectivity index (χ3n) is 4.06. The van der Waals surface area contributed by atoms with Crippen LogP contribution in [0.2, 0.25) is 0 Å². The average Bonchev–Trinajstić information content (AvgIpc) is 2.98. The number of ether oxygens (including phenoxy) is 1. The maximum absolute atomic E-state index is 12.7. The number of rotatable bonds is 2. The molecular formula is C17H21N3O3. The molecule has 3 rings (SSSR count). The van der Waals surface area contributed by atoms with Gasteiger partial charge in [0.2, 0.25) is 0 Å². The highest BCUT2D eigenvalue weighted by Crippen LogP contribution is 2.19. The highest BCUT2D eigenvalue weighted by atomic mass is 16.6. The number of piperidine rings is 1. The molecular weight excluding hydrogens is 294 g/mol. The number of likely N-dealkylation sites (tertiary alicyclic amines) is 1. The van der Waals surface area contributed by atoms with E-state index in [9.17, 15) is 9.59 Å². The summed E-state index contributed by atoms with van der Waals surface area (Å²) in [4.78, 5) is 30.7. The van der Waals surface area contributed by atoms with Gasteiger partial charge < -0.3 is 19.5 Å². The summed E-state index contributed by atoms with van der Waals surface area (Å²) in [7, 11) is 3.30. The van der Waals surface area contributed by atoms with Gasteiger partial charge in [0.15, 0.2) is 0 Å². The highest BCUT2D eigenvalue weighted by molar-refractivity contribution is 5.98. The Morgan fingerprint density at radius 3 is 2.83 bits per heavy atom. The van der Waals surface area contributed by atoms with E-state index in [0.717, 1.165) is 23.7 Å². The number of amides is 2. The third-order valence-corrected chi connectivity index (χ3v) is 4.06. The maximum Gasteiger partial charge on any atom is 0.409 e. The first-order valence-corrected chi connectivity index (χ1v) is 7.79. The van der Waals surface area contributed by atoms with Crippen molar-refractivity contribution in [3.63, 3.8) is 0 Å². The fourth-order valence-electron chi connectivity index (χ4n) is 2.83. The molecule has 0 bridgehead atoms. The van der Waals surface area contributed by atoms with Gasteiger partial charge in [-0.05, 0) is 25.0 Å². The first kappa shape index (κ1) is 15.4. The van der Waals surface area contributed by atoms with Gasteiger partial charge >= 0.3 is 6.09 Å². The number of hydrogen-bond acceptors (Lipinski definition) is 3. The molecule has 0 spiro atoms. The van der Waals surface area contributed by atoms with Crippen molar-refractivity contribution in [2.75, 3.05) is 27.2 Å². The Hall–Kier alpha value is -2.50. The number of nitrogens with one attached hydrogen (secondary N) is 1. The summed E-state index contributed by atoms with van der Waals surface area (Å²) in [5.41, 5.74) is 1.52. The Balaban J connectivity index is 1.70. The number of hydrogen-bond donors (Lipinski definition) is 1. The zero-order valence-electron chi connectivity index (χ0n) is 13.4. The number of para-hydroxylation sites is 1. The zero-order valence-corrected chi connectivity index (χ0v) is 13.4. The zero-order chi connectivity index (χ0) is 16.4. The van der Waals surface area contributed by atoms with Gasteiger partial charge in [0.1, 0.15) is 11.8 Å². The second-order valence-electron chi connectivity index (χ2n) is 6.06. The summed E-state index contributed by atoms with van der Waals surface area (Å²) in [5, 5.41) is 1.02. The summed E-state index contributed by atoms with van der Waals surface area (Å²) >= 11 is 0. The molecule has 1 aliphatic rings. The van der Waals surface area contributed by atoms with Gasteiger partial charge in [-0.2, -0.15) is 0 Å². The minimum Gasteiger partial charge on any atom is -0.444 e. The fraction of sp³-hybridized carbons (Fsp3) is 0.412. The standard InChI is InChI=1S/C17H21N3O3/c1-19(2)17(22)23-13-7-5-9-20(11-13)16(21)15-10-12-6-3-4-8-14(12)18-15/h3-4,6,8,10,13,18H,5,7,9,11H2,1-2H3. The lowest BCUT2D eigenvalue weighted by atomic mass is 10.1. The molecule has 1 aliphatic heterocycles. The van der Waals surface area contributed by atoms with Gasteiger partial charge in [0.05, 0.1) is 6.54 Å². The van der Waals surface area contributed by atoms with Crippen LogP contribution in [0.4, 0.5) is 4.79 Å². The Morgan fingerprint density at radius 2 is 2.09 bits per heavy atom. The molecule has 1 aromatic carbocycles. The lowest BCUT2D eigenvalue weighted by Gasteiger charge is -2.32. The van der Waals surface area contributed by atoms with Crippen molar-refractivity contribution in [3.05, 3.63) is 36.0 Å². The molecule has 6 nitrogen and oxygen atoms in total. The van der Waals surface area contributed by atoms with Crippen molar-refractivity contribution in [1.29, 1.82) is 0 Å². The smallest absolute Gasteiger partial charge is 0.409 e. The molecule has 1 N–H and O–H groups in total. The molecule has 1 fully saturated rings. The van der Waals surface area contributed by atoms with Crippen LogP contribution < -0.4 is 0 Å². The number of fused-ring (bicyclic) bond motifs is 1. The molecule has 1 aromatic heterocycles. The van der Waals surface area contributed by atoms with Crippen LogP contribution in [-0.2, 0) is 4.74 Å². The van der Waals surface area contributed by atoms with Crippen molar-refractivity contribution in [2.45, 2.75) is 18.9 Å². The van der Waals surface area contributed by atoms with Gasteiger partial charge in [-0.3, -0.25) is 4.79 Å². The van der Waals surface area contributed by atoms with Gasteiger partial charge in [-0.15, -0.1) is 0 Å². The quantitative estimate of drug-likeness (QED) is 0.926. The van der Waals surface area contributed by atoms with Gasteiger partial charge in [0.25, 0.3) is 5.91 Å². The van der Waals surface area contributed by atoms with Gasteiger partial charge in [-0.25, -0.2) is 4.79 Å². The molecule has 0 radical (unpaired) electrons. The number of aromatic nitrogens is 1. The van der Waals surface area contributed by atoms with Crippen LogP contribution in [0.3, 0.4) is 0 Å². The Labute approximate surface area is 135 Å². The first-order chi connectivity index (χ1) is 11.0. The predicted octanol–water partition coefficient (Wildman–Crippen LogP) is 2.47. The van der Waals surface area contributed by atoms with Crippen LogP contribution in [0.5, 0.6) is 0 Å². The summed E-state index contributed by atoms with van der Waals surface area (Å²) in [5.74, 6) is -0.0493. The van der Waals surface area contributed by atoms with Crippen LogP contribution in [0.25, 0.3) is 10.9 Å². The van der Waals surface area contributed by atoms with E-state index in [0.29, 0.717) is 18.8 Å². The molecule has 2 aromatic rings. The van der Waals surface area contributed by atoms with E-state index in [1.807, 2.05) is 30.3 Å². The van der Waals surface area contributed by atoms with E-state index in [4.69, 9.17) is 4.74 Å². The molecule has 2 amide bonds. The molecule has 2 heterocycles. The second-order valence-corrected chi connectivity index (χ2v) is 6.06. The maximum atomic E-state index is 12.7. The van der Waals surface area contributed by atoms with Gasteiger partial charge in [0, 0.05) is 31.5 Å². The van der Waals surface area contributed by atoms with Crippen molar-refractivity contribution in [3.8, 4) is 0 Å². The summed E-state index contributed by atoms with van der Waals surface area (Å²) in [6.07, 6.45) is 1.01. The van der Waals surface area contributed by atoms with E-state index in [2.05, 4.69) is 4.98 Å².